The number of benzene rings is 1. The molecule has 1 saturated carbocycles. The minimum atomic E-state index is -1.50. The maximum absolute atomic E-state index is 13.8. The Kier molecular flexibility index (Phi) is 3.83. The summed E-state index contributed by atoms with van der Waals surface area (Å²) in [5.74, 6) is -5.42. The maximum atomic E-state index is 13.8. The van der Waals surface area contributed by atoms with Gasteiger partial charge in [-0.3, -0.25) is 14.9 Å². The molecule has 0 heterocycles. The van der Waals surface area contributed by atoms with Gasteiger partial charge in [-0.25, -0.2) is 9.18 Å². The van der Waals surface area contributed by atoms with Crippen LogP contribution in [0, 0.1) is 27.7 Å². The number of hydrogen-bond acceptors (Lipinski definition) is 4. The van der Waals surface area contributed by atoms with Gasteiger partial charge in [0.15, 0.2) is 0 Å². The molecule has 1 atom stereocenters. The third kappa shape index (κ3) is 3.12. The van der Waals surface area contributed by atoms with E-state index in [1.165, 1.54) is 0 Å². The van der Waals surface area contributed by atoms with Crippen molar-refractivity contribution in [1.82, 2.24) is 5.32 Å². The number of rotatable bonds is 5. The molecule has 0 radical (unpaired) electrons. The van der Waals surface area contributed by atoms with E-state index in [2.05, 4.69) is 5.32 Å². The summed E-state index contributed by atoms with van der Waals surface area (Å²) in [6.07, 6.45) is 1.20. The van der Waals surface area contributed by atoms with Gasteiger partial charge in [-0.05, 0) is 24.8 Å². The summed E-state index contributed by atoms with van der Waals surface area (Å²) in [4.78, 5) is 32.2. The van der Waals surface area contributed by atoms with Crippen LogP contribution in [-0.4, -0.2) is 27.9 Å². The van der Waals surface area contributed by atoms with Crippen molar-refractivity contribution in [3.63, 3.8) is 0 Å². The van der Waals surface area contributed by atoms with E-state index in [9.17, 15) is 28.5 Å². The lowest BCUT2D eigenvalue weighted by Crippen LogP contribution is -2.42. The zero-order chi connectivity index (χ0) is 15.7. The number of carbonyl (C=O) groups excluding carboxylic acids is 1. The third-order valence-electron chi connectivity index (χ3n) is 3.11. The fourth-order valence-corrected chi connectivity index (χ4v) is 1.90. The molecule has 1 aliphatic rings. The molecular formula is C12H10F2N2O5. The standard InChI is InChI=1S/C12H10F2N2O5/c13-6-3-7(9(14)8(4-6)16(20)21)11(17)15-10(12(18)19)5-1-2-5/h3-5,10H,1-2H2,(H,15,17)(H,18,19). The van der Waals surface area contributed by atoms with Crippen LogP contribution < -0.4 is 5.32 Å². The van der Waals surface area contributed by atoms with Gasteiger partial charge >= 0.3 is 11.7 Å². The van der Waals surface area contributed by atoms with E-state index in [1.54, 1.807) is 0 Å². The quantitative estimate of drug-likeness (QED) is 0.632. The van der Waals surface area contributed by atoms with E-state index in [-0.39, 0.29) is 5.92 Å². The minimum absolute atomic E-state index is 0.266. The predicted molar refractivity (Wildman–Crippen MR) is 64.6 cm³/mol. The van der Waals surface area contributed by atoms with Crippen LogP contribution in [0.25, 0.3) is 0 Å². The first-order chi connectivity index (χ1) is 9.81. The molecule has 21 heavy (non-hydrogen) atoms. The molecule has 0 aliphatic heterocycles. The van der Waals surface area contributed by atoms with Crippen LogP contribution in [-0.2, 0) is 4.79 Å². The SMILES string of the molecule is O=C(NC(C(=O)O)C1CC1)c1cc(F)cc([N+](=O)[O-])c1F. The molecule has 0 aromatic heterocycles. The second-order valence-electron chi connectivity index (χ2n) is 4.67. The Morgan fingerprint density at radius 2 is 2.00 bits per heavy atom. The zero-order valence-corrected chi connectivity index (χ0v) is 10.5. The lowest BCUT2D eigenvalue weighted by Gasteiger charge is -2.13. The van der Waals surface area contributed by atoms with Crippen molar-refractivity contribution in [2.75, 3.05) is 0 Å². The first kappa shape index (κ1) is 14.8. The highest BCUT2D eigenvalue weighted by Gasteiger charge is 2.38. The molecule has 9 heteroatoms. The molecule has 1 aromatic rings. The molecule has 1 aromatic carbocycles. The van der Waals surface area contributed by atoms with E-state index in [0.717, 1.165) is 0 Å². The van der Waals surface area contributed by atoms with Crippen LogP contribution in [0.4, 0.5) is 14.5 Å². The van der Waals surface area contributed by atoms with E-state index < -0.39 is 45.7 Å². The molecule has 112 valence electrons. The Morgan fingerprint density at radius 1 is 1.38 bits per heavy atom. The van der Waals surface area contributed by atoms with E-state index in [1.807, 2.05) is 0 Å². The molecule has 0 bridgehead atoms. The highest BCUT2D eigenvalue weighted by atomic mass is 19.1. The van der Waals surface area contributed by atoms with Gasteiger partial charge in [0.05, 0.1) is 16.6 Å². The van der Waals surface area contributed by atoms with Crippen molar-refractivity contribution in [3.8, 4) is 0 Å². The Labute approximate surface area is 116 Å². The van der Waals surface area contributed by atoms with Gasteiger partial charge in [-0.1, -0.05) is 0 Å². The van der Waals surface area contributed by atoms with Gasteiger partial charge in [0.2, 0.25) is 5.82 Å². The Bertz CT molecular complexity index is 630. The molecule has 1 fully saturated rings. The third-order valence-corrected chi connectivity index (χ3v) is 3.11. The highest BCUT2D eigenvalue weighted by molar-refractivity contribution is 5.97. The normalized spacial score (nSPS) is 15.3. The number of aliphatic carboxylic acids is 1. The molecule has 1 unspecified atom stereocenters. The van der Waals surface area contributed by atoms with Crippen LogP contribution in [0.2, 0.25) is 0 Å². The van der Waals surface area contributed by atoms with Crippen molar-refractivity contribution >= 4 is 17.6 Å². The zero-order valence-electron chi connectivity index (χ0n) is 10.5. The highest BCUT2D eigenvalue weighted by Crippen LogP contribution is 2.33. The van der Waals surface area contributed by atoms with Crippen LogP contribution in [0.3, 0.4) is 0 Å². The van der Waals surface area contributed by atoms with Crippen molar-refractivity contribution < 1.29 is 28.4 Å². The molecule has 1 amide bonds. The van der Waals surface area contributed by atoms with E-state index in [0.29, 0.717) is 25.0 Å². The van der Waals surface area contributed by atoms with E-state index in [4.69, 9.17) is 5.11 Å². The second kappa shape index (κ2) is 5.43. The summed E-state index contributed by atoms with van der Waals surface area (Å²) in [5, 5.41) is 21.6. The molecule has 7 nitrogen and oxygen atoms in total. The smallest absolute Gasteiger partial charge is 0.326 e. The largest absolute Gasteiger partial charge is 0.480 e. The monoisotopic (exact) mass is 300 g/mol. The van der Waals surface area contributed by atoms with Crippen molar-refractivity contribution in [2.45, 2.75) is 18.9 Å². The van der Waals surface area contributed by atoms with Gasteiger partial charge in [0.25, 0.3) is 5.91 Å². The Balaban J connectivity index is 2.30. The van der Waals surface area contributed by atoms with Crippen molar-refractivity contribution in [1.29, 1.82) is 0 Å². The lowest BCUT2D eigenvalue weighted by atomic mass is 10.1. The van der Waals surface area contributed by atoms with Gasteiger partial charge in [0.1, 0.15) is 11.9 Å². The van der Waals surface area contributed by atoms with Crippen molar-refractivity contribution in [3.05, 3.63) is 39.4 Å². The van der Waals surface area contributed by atoms with Gasteiger partial charge in [0, 0.05) is 0 Å². The number of carboxylic acids is 1. The first-order valence-electron chi connectivity index (χ1n) is 5.98. The number of amides is 1. The second-order valence-corrected chi connectivity index (χ2v) is 4.67. The van der Waals surface area contributed by atoms with Gasteiger partial charge in [-0.2, -0.15) is 4.39 Å². The fourth-order valence-electron chi connectivity index (χ4n) is 1.90. The topological polar surface area (TPSA) is 110 Å². The number of nitrogens with one attached hydrogen (secondary N) is 1. The average molecular weight is 300 g/mol. The van der Waals surface area contributed by atoms with Gasteiger partial charge < -0.3 is 10.4 Å². The molecule has 1 aliphatic carbocycles. The predicted octanol–water partition coefficient (Wildman–Crippen LogP) is 1.47. The van der Waals surface area contributed by atoms with Crippen LogP contribution >= 0.6 is 0 Å². The van der Waals surface area contributed by atoms with Crippen LogP contribution in [0.1, 0.15) is 23.2 Å². The Morgan fingerprint density at radius 3 is 2.48 bits per heavy atom. The summed E-state index contributed by atoms with van der Waals surface area (Å²) < 4.78 is 27.0. The number of hydrogen-bond donors (Lipinski definition) is 2. The summed E-state index contributed by atoms with van der Waals surface area (Å²) in [5.41, 5.74) is -2.08. The van der Waals surface area contributed by atoms with Crippen LogP contribution in [0.15, 0.2) is 12.1 Å². The van der Waals surface area contributed by atoms with E-state index >= 15 is 0 Å². The Hall–Kier alpha value is -2.58. The summed E-state index contributed by atoms with van der Waals surface area (Å²) in [6, 6.07) is -0.384. The number of halogens is 2. The summed E-state index contributed by atoms with van der Waals surface area (Å²) in [6.45, 7) is 0. The lowest BCUT2D eigenvalue weighted by molar-refractivity contribution is -0.387. The summed E-state index contributed by atoms with van der Waals surface area (Å²) in [7, 11) is 0. The number of nitro benzene ring substituents is 1. The average Bonchev–Trinajstić information content (AvgIpc) is 3.21. The maximum Gasteiger partial charge on any atom is 0.326 e. The molecule has 0 spiro atoms. The molecule has 2 rings (SSSR count). The fraction of sp³-hybridized carbons (Fsp3) is 0.333. The van der Waals surface area contributed by atoms with Crippen molar-refractivity contribution in [2.24, 2.45) is 5.92 Å². The minimum Gasteiger partial charge on any atom is -0.480 e. The number of carboxylic acid groups (broad SMARTS) is 1. The van der Waals surface area contributed by atoms with Gasteiger partial charge in [-0.15, -0.1) is 0 Å². The number of nitrogens with zero attached hydrogens (tertiary/aromatic N) is 1. The summed E-state index contributed by atoms with van der Waals surface area (Å²) >= 11 is 0. The molecule has 0 saturated heterocycles. The number of carbonyl (C=O) groups is 2. The number of nitro groups is 1. The van der Waals surface area contributed by atoms with Crippen LogP contribution in [0.5, 0.6) is 0 Å². The molecular weight excluding hydrogens is 290 g/mol. The molecule has 2 N–H and O–H groups in total. The first-order valence-corrected chi connectivity index (χ1v) is 5.98.